The first kappa shape index (κ1) is 14.7. The van der Waals surface area contributed by atoms with E-state index in [1.54, 1.807) is 7.11 Å². The number of anilines is 1. The molecule has 1 aromatic rings. The van der Waals surface area contributed by atoms with Gasteiger partial charge in [0.2, 0.25) is 5.91 Å². The Hall–Kier alpha value is -1.71. The number of methoxy groups -OCH3 is 1. The van der Waals surface area contributed by atoms with Crippen LogP contribution >= 0.6 is 0 Å². The zero-order valence-electron chi connectivity index (χ0n) is 12.4. The van der Waals surface area contributed by atoms with Crippen molar-refractivity contribution < 1.29 is 9.53 Å². The van der Waals surface area contributed by atoms with E-state index in [4.69, 9.17) is 4.74 Å². The Kier molecular flexibility index (Phi) is 5.27. The molecule has 0 spiro atoms. The minimum absolute atomic E-state index is 0.0941. The molecule has 1 amide bonds. The molecular weight excluding hydrogens is 252 g/mol. The second kappa shape index (κ2) is 7.17. The second-order valence-electron chi connectivity index (χ2n) is 5.29. The third-order valence-electron chi connectivity index (χ3n) is 3.76. The van der Waals surface area contributed by atoms with Crippen LogP contribution in [0.3, 0.4) is 0 Å². The van der Waals surface area contributed by atoms with Gasteiger partial charge in [-0.2, -0.15) is 0 Å². The number of fused-ring (bicyclic) bond motifs is 1. The van der Waals surface area contributed by atoms with E-state index in [9.17, 15) is 4.79 Å². The third-order valence-corrected chi connectivity index (χ3v) is 3.76. The van der Waals surface area contributed by atoms with Gasteiger partial charge in [0.05, 0.1) is 7.11 Å². The predicted molar refractivity (Wildman–Crippen MR) is 81.0 cm³/mol. The third kappa shape index (κ3) is 3.65. The zero-order valence-corrected chi connectivity index (χ0v) is 12.4. The minimum Gasteiger partial charge on any atom is -0.497 e. The smallest absolute Gasteiger partial charge is 0.242 e. The topological polar surface area (TPSA) is 50.4 Å². The van der Waals surface area contributed by atoms with Crippen molar-refractivity contribution in [2.45, 2.75) is 51.6 Å². The van der Waals surface area contributed by atoms with Gasteiger partial charge in [-0.05, 0) is 30.2 Å². The van der Waals surface area contributed by atoms with Crippen LogP contribution in [0.1, 0.15) is 44.6 Å². The number of amides is 1. The van der Waals surface area contributed by atoms with E-state index in [0.29, 0.717) is 6.54 Å². The summed E-state index contributed by atoms with van der Waals surface area (Å²) in [6.07, 6.45) is 5.62. The summed E-state index contributed by atoms with van der Waals surface area (Å²) in [5.74, 6) is 0.915. The molecule has 2 N–H and O–H groups in total. The highest BCUT2D eigenvalue weighted by atomic mass is 16.5. The minimum atomic E-state index is -0.124. The van der Waals surface area contributed by atoms with Gasteiger partial charge in [0.15, 0.2) is 0 Å². The van der Waals surface area contributed by atoms with E-state index >= 15 is 0 Å². The molecule has 1 aromatic carbocycles. The average molecular weight is 276 g/mol. The Morgan fingerprint density at radius 3 is 2.90 bits per heavy atom. The van der Waals surface area contributed by atoms with Gasteiger partial charge >= 0.3 is 0 Å². The van der Waals surface area contributed by atoms with E-state index in [1.165, 1.54) is 19.3 Å². The molecule has 0 saturated heterocycles. The molecule has 0 fully saturated rings. The highest BCUT2D eigenvalue weighted by Crippen LogP contribution is 2.25. The summed E-state index contributed by atoms with van der Waals surface area (Å²) in [7, 11) is 1.65. The number of hydrogen-bond donors (Lipinski definition) is 2. The molecule has 1 aliphatic heterocycles. The summed E-state index contributed by atoms with van der Waals surface area (Å²) >= 11 is 0. The summed E-state index contributed by atoms with van der Waals surface area (Å²) in [5.41, 5.74) is 2.11. The standard InChI is InChI=1S/C16H24N2O2/c1-3-4-5-6-7-15-16(19)17-11-12-10-13(20-2)8-9-14(12)18-15/h8-10,15,18H,3-7,11H2,1-2H3,(H,17,19). The van der Waals surface area contributed by atoms with Gasteiger partial charge in [-0.15, -0.1) is 0 Å². The van der Waals surface area contributed by atoms with Crippen molar-refractivity contribution in [3.05, 3.63) is 23.8 Å². The fraction of sp³-hybridized carbons (Fsp3) is 0.562. The maximum Gasteiger partial charge on any atom is 0.242 e. The van der Waals surface area contributed by atoms with E-state index in [2.05, 4.69) is 17.6 Å². The number of carbonyl (C=O) groups is 1. The molecule has 0 aromatic heterocycles. The van der Waals surface area contributed by atoms with Crippen LogP contribution in [0.2, 0.25) is 0 Å². The van der Waals surface area contributed by atoms with Crippen LogP contribution in [-0.4, -0.2) is 19.1 Å². The van der Waals surface area contributed by atoms with Crippen LogP contribution < -0.4 is 15.4 Å². The molecule has 0 bridgehead atoms. The van der Waals surface area contributed by atoms with Gasteiger partial charge < -0.3 is 15.4 Å². The Balaban J connectivity index is 2.02. The lowest BCUT2D eigenvalue weighted by atomic mass is 10.1. The van der Waals surface area contributed by atoms with Gasteiger partial charge in [-0.25, -0.2) is 0 Å². The molecular formula is C16H24N2O2. The molecule has 1 aliphatic rings. The fourth-order valence-electron chi connectivity index (χ4n) is 2.52. The summed E-state index contributed by atoms with van der Waals surface area (Å²) in [6.45, 7) is 2.75. The van der Waals surface area contributed by atoms with E-state index in [0.717, 1.165) is 29.8 Å². The van der Waals surface area contributed by atoms with E-state index < -0.39 is 0 Å². The van der Waals surface area contributed by atoms with Gasteiger partial charge in [-0.3, -0.25) is 4.79 Å². The summed E-state index contributed by atoms with van der Waals surface area (Å²) in [4.78, 5) is 12.1. The molecule has 4 nitrogen and oxygen atoms in total. The first-order valence-corrected chi connectivity index (χ1v) is 7.45. The number of carbonyl (C=O) groups excluding carboxylic acids is 1. The first-order valence-electron chi connectivity index (χ1n) is 7.45. The number of ether oxygens (including phenoxy) is 1. The number of rotatable bonds is 6. The molecule has 0 saturated carbocycles. The van der Waals surface area contributed by atoms with Crippen LogP contribution in [-0.2, 0) is 11.3 Å². The summed E-state index contributed by atoms with van der Waals surface area (Å²) in [5, 5.41) is 6.36. The van der Waals surface area contributed by atoms with Crippen molar-refractivity contribution in [1.29, 1.82) is 0 Å². The van der Waals surface area contributed by atoms with Crippen LogP contribution in [0, 0.1) is 0 Å². The van der Waals surface area contributed by atoms with Crippen LogP contribution in [0.25, 0.3) is 0 Å². The largest absolute Gasteiger partial charge is 0.497 e. The Labute approximate surface area is 120 Å². The van der Waals surface area contributed by atoms with Crippen molar-refractivity contribution >= 4 is 11.6 Å². The molecule has 2 rings (SSSR count). The molecule has 20 heavy (non-hydrogen) atoms. The van der Waals surface area contributed by atoms with E-state index in [-0.39, 0.29) is 11.9 Å². The van der Waals surface area contributed by atoms with Crippen LogP contribution in [0.4, 0.5) is 5.69 Å². The molecule has 4 heteroatoms. The van der Waals surface area contributed by atoms with E-state index in [1.807, 2.05) is 18.2 Å². The van der Waals surface area contributed by atoms with Crippen molar-refractivity contribution in [2.24, 2.45) is 0 Å². The number of hydrogen-bond acceptors (Lipinski definition) is 3. The van der Waals surface area contributed by atoms with Gasteiger partial charge in [0, 0.05) is 12.2 Å². The first-order chi connectivity index (χ1) is 9.74. The maximum atomic E-state index is 12.1. The van der Waals surface area contributed by atoms with Crippen molar-refractivity contribution in [3.8, 4) is 5.75 Å². The van der Waals surface area contributed by atoms with Gasteiger partial charge in [0.25, 0.3) is 0 Å². The van der Waals surface area contributed by atoms with Crippen molar-refractivity contribution in [3.63, 3.8) is 0 Å². The predicted octanol–water partition coefficient (Wildman–Crippen LogP) is 3.08. The van der Waals surface area contributed by atoms with Crippen molar-refractivity contribution in [2.75, 3.05) is 12.4 Å². The molecule has 0 radical (unpaired) electrons. The van der Waals surface area contributed by atoms with Crippen LogP contribution in [0.5, 0.6) is 5.75 Å². The Morgan fingerprint density at radius 2 is 2.15 bits per heavy atom. The highest BCUT2D eigenvalue weighted by molar-refractivity contribution is 5.86. The molecule has 1 atom stereocenters. The number of unbranched alkanes of at least 4 members (excludes halogenated alkanes) is 3. The fourth-order valence-corrected chi connectivity index (χ4v) is 2.52. The summed E-state index contributed by atoms with van der Waals surface area (Å²) in [6, 6.07) is 5.77. The number of benzene rings is 1. The van der Waals surface area contributed by atoms with Gasteiger partial charge in [-0.1, -0.05) is 32.6 Å². The monoisotopic (exact) mass is 276 g/mol. The normalized spacial score (nSPS) is 17.7. The SMILES string of the molecule is CCCCCCC1Nc2ccc(OC)cc2CNC1=O. The summed E-state index contributed by atoms with van der Waals surface area (Å²) < 4.78 is 5.23. The lowest BCUT2D eigenvalue weighted by Crippen LogP contribution is -2.36. The average Bonchev–Trinajstić information content (AvgIpc) is 2.63. The van der Waals surface area contributed by atoms with Crippen LogP contribution in [0.15, 0.2) is 18.2 Å². The zero-order chi connectivity index (χ0) is 14.4. The Morgan fingerprint density at radius 1 is 1.30 bits per heavy atom. The van der Waals surface area contributed by atoms with Crippen molar-refractivity contribution in [1.82, 2.24) is 5.32 Å². The lowest BCUT2D eigenvalue weighted by molar-refractivity contribution is -0.122. The quantitative estimate of drug-likeness (QED) is 0.785. The molecule has 0 aliphatic carbocycles. The number of nitrogens with one attached hydrogen (secondary N) is 2. The van der Waals surface area contributed by atoms with Gasteiger partial charge in [0.1, 0.15) is 11.8 Å². The second-order valence-corrected chi connectivity index (χ2v) is 5.29. The Bertz CT molecular complexity index is 460. The maximum absolute atomic E-state index is 12.1. The highest BCUT2D eigenvalue weighted by Gasteiger charge is 2.22. The molecule has 1 heterocycles. The molecule has 1 unspecified atom stereocenters. The lowest BCUT2D eigenvalue weighted by Gasteiger charge is -2.16. The molecule has 110 valence electrons.